The molecule has 0 spiro atoms. The molecule has 126 valence electrons. The second-order valence-electron chi connectivity index (χ2n) is 6.98. The van der Waals surface area contributed by atoms with Crippen molar-refractivity contribution >= 4 is 5.91 Å². The zero-order valence-corrected chi connectivity index (χ0v) is 13.6. The van der Waals surface area contributed by atoms with Crippen LogP contribution in [-0.2, 0) is 9.53 Å². The Morgan fingerprint density at radius 1 is 1.18 bits per heavy atom. The highest BCUT2D eigenvalue weighted by molar-refractivity contribution is 5.79. The summed E-state index contributed by atoms with van der Waals surface area (Å²) in [5.41, 5.74) is 0. The van der Waals surface area contributed by atoms with Crippen molar-refractivity contribution < 1.29 is 14.6 Å². The molecule has 0 aromatic carbocycles. The van der Waals surface area contributed by atoms with E-state index < -0.39 is 0 Å². The normalized spacial score (nSPS) is 28.7. The van der Waals surface area contributed by atoms with Gasteiger partial charge in [-0.3, -0.25) is 9.69 Å². The number of hydrogen-bond donors (Lipinski definition) is 1. The summed E-state index contributed by atoms with van der Waals surface area (Å²) in [5.74, 6) is 0.288. The zero-order chi connectivity index (χ0) is 15.4. The summed E-state index contributed by atoms with van der Waals surface area (Å²) >= 11 is 0. The molecule has 22 heavy (non-hydrogen) atoms. The second kappa shape index (κ2) is 7.75. The van der Waals surface area contributed by atoms with Crippen molar-refractivity contribution in [2.75, 3.05) is 32.8 Å². The number of carbonyl (C=O) groups excluding carboxylic acids is 1. The number of ether oxygens (including phenoxy) is 1. The van der Waals surface area contributed by atoms with Crippen LogP contribution in [-0.4, -0.2) is 71.8 Å². The van der Waals surface area contributed by atoms with Gasteiger partial charge in [0.2, 0.25) is 5.91 Å². The molecular weight excluding hydrogens is 280 g/mol. The summed E-state index contributed by atoms with van der Waals surface area (Å²) in [6, 6.07) is 0.916. The Labute approximate surface area is 133 Å². The van der Waals surface area contributed by atoms with Crippen LogP contribution in [0.4, 0.5) is 0 Å². The van der Waals surface area contributed by atoms with Crippen LogP contribution in [0.2, 0.25) is 0 Å². The van der Waals surface area contributed by atoms with Gasteiger partial charge in [0.25, 0.3) is 0 Å². The summed E-state index contributed by atoms with van der Waals surface area (Å²) in [5, 5.41) is 8.94. The molecule has 1 amide bonds. The number of unbranched alkanes of at least 4 members (excludes halogenated alkanes) is 1. The van der Waals surface area contributed by atoms with E-state index in [2.05, 4.69) is 9.80 Å². The van der Waals surface area contributed by atoms with E-state index in [1.165, 1.54) is 25.7 Å². The number of fused-ring (bicyclic) bond motifs is 1. The molecule has 1 heterocycles. The van der Waals surface area contributed by atoms with Gasteiger partial charge in [-0.25, -0.2) is 0 Å². The molecule has 0 aromatic rings. The quantitative estimate of drug-likeness (QED) is 0.722. The van der Waals surface area contributed by atoms with Gasteiger partial charge in [0.15, 0.2) is 0 Å². The fourth-order valence-corrected chi connectivity index (χ4v) is 3.93. The number of morpholine rings is 1. The Bertz CT molecular complexity index is 371. The van der Waals surface area contributed by atoms with Gasteiger partial charge in [-0.2, -0.15) is 0 Å². The van der Waals surface area contributed by atoms with E-state index in [0.29, 0.717) is 25.2 Å². The van der Waals surface area contributed by atoms with Crippen molar-refractivity contribution in [2.45, 2.75) is 69.6 Å². The minimum absolute atomic E-state index is 0.250. The molecule has 2 atom stereocenters. The lowest BCUT2D eigenvalue weighted by Gasteiger charge is -2.44. The maximum Gasteiger partial charge on any atom is 0.237 e. The lowest BCUT2D eigenvalue weighted by Crippen LogP contribution is -2.56. The van der Waals surface area contributed by atoms with Crippen LogP contribution in [0.15, 0.2) is 0 Å². The molecule has 2 saturated carbocycles. The number of aliphatic hydroxyl groups is 1. The van der Waals surface area contributed by atoms with Crippen molar-refractivity contribution in [1.29, 1.82) is 0 Å². The van der Waals surface area contributed by atoms with E-state index in [4.69, 9.17) is 9.84 Å². The van der Waals surface area contributed by atoms with Crippen LogP contribution in [0, 0.1) is 0 Å². The van der Waals surface area contributed by atoms with Crippen molar-refractivity contribution in [2.24, 2.45) is 0 Å². The Kier molecular flexibility index (Phi) is 5.71. The van der Waals surface area contributed by atoms with Gasteiger partial charge in [0.1, 0.15) is 0 Å². The molecule has 1 aliphatic heterocycles. The summed E-state index contributed by atoms with van der Waals surface area (Å²) < 4.78 is 5.87. The smallest absolute Gasteiger partial charge is 0.237 e. The molecular formula is C17H30N2O3. The third-order valence-electron chi connectivity index (χ3n) is 5.31. The maximum absolute atomic E-state index is 12.8. The molecule has 3 aliphatic rings. The highest BCUT2D eigenvalue weighted by Gasteiger charge is 2.38. The molecule has 5 nitrogen and oxygen atoms in total. The molecule has 0 bridgehead atoms. The zero-order valence-electron chi connectivity index (χ0n) is 13.6. The monoisotopic (exact) mass is 310 g/mol. The Hall–Kier alpha value is -0.650. The lowest BCUT2D eigenvalue weighted by atomic mass is 9.90. The maximum atomic E-state index is 12.8. The predicted molar refractivity (Wildman–Crippen MR) is 84.6 cm³/mol. The molecule has 1 saturated heterocycles. The summed E-state index contributed by atoms with van der Waals surface area (Å²) in [7, 11) is 0. The van der Waals surface area contributed by atoms with E-state index in [1.54, 1.807) is 0 Å². The number of rotatable bonds is 7. The SMILES string of the molecule is O=C(CN(CCCCO)C1CC1)N1CCOC2CCCCC21. The first-order valence-electron chi connectivity index (χ1n) is 9.05. The molecule has 0 aromatic heterocycles. The molecule has 2 aliphatic carbocycles. The van der Waals surface area contributed by atoms with Crippen LogP contribution in [0.5, 0.6) is 0 Å². The van der Waals surface area contributed by atoms with E-state index in [0.717, 1.165) is 38.8 Å². The van der Waals surface area contributed by atoms with Crippen LogP contribution in [0.25, 0.3) is 0 Å². The van der Waals surface area contributed by atoms with Crippen LogP contribution in [0.3, 0.4) is 0 Å². The molecule has 3 rings (SSSR count). The van der Waals surface area contributed by atoms with E-state index in [1.807, 2.05) is 0 Å². The number of amides is 1. The molecule has 3 fully saturated rings. The molecule has 2 unspecified atom stereocenters. The van der Waals surface area contributed by atoms with Gasteiger partial charge in [0.05, 0.1) is 25.3 Å². The molecule has 0 radical (unpaired) electrons. The van der Waals surface area contributed by atoms with Crippen LogP contribution < -0.4 is 0 Å². The Morgan fingerprint density at radius 2 is 2.00 bits per heavy atom. The van der Waals surface area contributed by atoms with Gasteiger partial charge < -0.3 is 14.7 Å². The number of hydrogen-bond acceptors (Lipinski definition) is 4. The minimum atomic E-state index is 0.250. The van der Waals surface area contributed by atoms with E-state index in [-0.39, 0.29) is 18.6 Å². The van der Waals surface area contributed by atoms with Gasteiger partial charge in [-0.15, -0.1) is 0 Å². The van der Waals surface area contributed by atoms with Gasteiger partial charge in [-0.05, 0) is 45.1 Å². The highest BCUT2D eigenvalue weighted by atomic mass is 16.5. The van der Waals surface area contributed by atoms with Crippen molar-refractivity contribution in [3.8, 4) is 0 Å². The average Bonchev–Trinajstić information content (AvgIpc) is 3.38. The molecule has 5 heteroatoms. The van der Waals surface area contributed by atoms with Gasteiger partial charge >= 0.3 is 0 Å². The third-order valence-corrected chi connectivity index (χ3v) is 5.31. The summed E-state index contributed by atoms with van der Waals surface area (Å²) in [6.07, 6.45) is 9.20. The van der Waals surface area contributed by atoms with Gasteiger partial charge in [-0.1, -0.05) is 12.8 Å². The van der Waals surface area contributed by atoms with Gasteiger partial charge in [0, 0.05) is 19.2 Å². The highest BCUT2D eigenvalue weighted by Crippen LogP contribution is 2.30. The third kappa shape index (κ3) is 4.00. The first-order valence-corrected chi connectivity index (χ1v) is 9.05. The topological polar surface area (TPSA) is 53.0 Å². The summed E-state index contributed by atoms with van der Waals surface area (Å²) in [6.45, 7) is 3.20. The molecule has 1 N–H and O–H groups in total. The van der Waals surface area contributed by atoms with Crippen LogP contribution >= 0.6 is 0 Å². The lowest BCUT2D eigenvalue weighted by molar-refractivity contribution is -0.150. The Balaban J connectivity index is 1.54. The number of aliphatic hydroxyl groups excluding tert-OH is 1. The van der Waals surface area contributed by atoms with E-state index in [9.17, 15) is 4.79 Å². The minimum Gasteiger partial charge on any atom is -0.396 e. The first kappa shape index (κ1) is 16.2. The van der Waals surface area contributed by atoms with Crippen molar-refractivity contribution in [3.05, 3.63) is 0 Å². The number of carbonyl (C=O) groups is 1. The first-order chi connectivity index (χ1) is 10.8. The predicted octanol–water partition coefficient (Wildman–Crippen LogP) is 1.39. The van der Waals surface area contributed by atoms with Crippen molar-refractivity contribution in [1.82, 2.24) is 9.80 Å². The fourth-order valence-electron chi connectivity index (χ4n) is 3.93. The van der Waals surface area contributed by atoms with E-state index >= 15 is 0 Å². The standard InChI is InChI=1S/C17H30N2O3/c20-11-4-3-9-18(14-7-8-14)13-17(21)19-10-12-22-16-6-2-1-5-15(16)19/h14-16,20H,1-13H2. The fraction of sp³-hybridized carbons (Fsp3) is 0.941. The number of nitrogens with zero attached hydrogens (tertiary/aromatic N) is 2. The van der Waals surface area contributed by atoms with Crippen molar-refractivity contribution in [3.63, 3.8) is 0 Å². The second-order valence-corrected chi connectivity index (χ2v) is 6.98. The summed E-state index contributed by atoms with van der Waals surface area (Å²) in [4.78, 5) is 17.3. The largest absolute Gasteiger partial charge is 0.396 e. The van der Waals surface area contributed by atoms with Crippen LogP contribution in [0.1, 0.15) is 51.4 Å². The average molecular weight is 310 g/mol. The Morgan fingerprint density at radius 3 is 2.77 bits per heavy atom.